The van der Waals surface area contributed by atoms with Gasteiger partial charge in [0, 0.05) is 12.0 Å². The number of aliphatic hydroxyl groups excluding tert-OH is 2. The van der Waals surface area contributed by atoms with E-state index in [1.807, 2.05) is 18.2 Å². The van der Waals surface area contributed by atoms with Gasteiger partial charge in [0.1, 0.15) is 5.75 Å². The fourth-order valence-electron chi connectivity index (χ4n) is 3.33. The summed E-state index contributed by atoms with van der Waals surface area (Å²) in [6.45, 7) is 2.15. The molecule has 0 saturated carbocycles. The molecule has 2 rings (SSSR count). The molecule has 0 radical (unpaired) electrons. The standard InChI is InChI=1S/C25H35NO5/c1-2-3-5-13-25(30)26(31-16-9-8-12-20-10-6-4-7-11-20)18-24(29)21-14-15-23(28)22(17-21)19-27/h4,6-7,10-11,14-15,17,24,27-29H,2-3,5,8-9,12-13,16,18-19H2,1H3. The summed E-state index contributed by atoms with van der Waals surface area (Å²) in [4.78, 5) is 18.4. The Bertz CT molecular complexity index is 781. The molecule has 1 atom stereocenters. The summed E-state index contributed by atoms with van der Waals surface area (Å²) in [7, 11) is 0. The first-order chi connectivity index (χ1) is 15.0. The van der Waals surface area contributed by atoms with Gasteiger partial charge >= 0.3 is 0 Å². The Morgan fingerprint density at radius 1 is 1.06 bits per heavy atom. The number of carbonyl (C=O) groups excluding carboxylic acids is 1. The fraction of sp³-hybridized carbons (Fsp3) is 0.480. The number of phenols is 1. The van der Waals surface area contributed by atoms with Crippen molar-refractivity contribution < 1.29 is 25.0 Å². The molecule has 0 aliphatic rings. The van der Waals surface area contributed by atoms with Crippen molar-refractivity contribution in [2.24, 2.45) is 0 Å². The zero-order valence-electron chi connectivity index (χ0n) is 18.4. The summed E-state index contributed by atoms with van der Waals surface area (Å²) in [5.41, 5.74) is 2.12. The second-order valence-corrected chi connectivity index (χ2v) is 7.75. The van der Waals surface area contributed by atoms with E-state index in [0.717, 1.165) is 38.5 Å². The number of aliphatic hydroxyl groups is 2. The third-order valence-electron chi connectivity index (χ3n) is 5.22. The van der Waals surface area contributed by atoms with Gasteiger partial charge in [-0.3, -0.25) is 9.63 Å². The van der Waals surface area contributed by atoms with Crippen molar-refractivity contribution in [3.8, 4) is 5.75 Å². The third kappa shape index (κ3) is 8.69. The summed E-state index contributed by atoms with van der Waals surface area (Å²) in [5.74, 6) is -0.169. The van der Waals surface area contributed by atoms with Gasteiger partial charge in [-0.1, -0.05) is 56.2 Å². The Hall–Kier alpha value is -2.41. The number of hydrogen-bond donors (Lipinski definition) is 3. The summed E-state index contributed by atoms with van der Waals surface area (Å²) >= 11 is 0. The molecule has 0 aliphatic carbocycles. The van der Waals surface area contributed by atoms with Crippen LogP contribution in [0.15, 0.2) is 48.5 Å². The number of unbranched alkanes of at least 4 members (excludes halogenated alkanes) is 3. The highest BCUT2D eigenvalue weighted by Gasteiger charge is 2.20. The molecular formula is C25H35NO5. The van der Waals surface area contributed by atoms with E-state index in [-0.39, 0.29) is 24.8 Å². The Labute approximate surface area is 185 Å². The minimum Gasteiger partial charge on any atom is -0.508 e. The molecule has 0 aliphatic heterocycles. The summed E-state index contributed by atoms with van der Waals surface area (Å²) in [5, 5.41) is 31.0. The fourth-order valence-corrected chi connectivity index (χ4v) is 3.33. The van der Waals surface area contributed by atoms with E-state index < -0.39 is 6.10 Å². The second kappa shape index (κ2) is 13.8. The molecule has 1 unspecified atom stereocenters. The number of amides is 1. The van der Waals surface area contributed by atoms with Crippen molar-refractivity contribution >= 4 is 5.91 Å². The van der Waals surface area contributed by atoms with Crippen molar-refractivity contribution in [2.45, 2.75) is 64.6 Å². The van der Waals surface area contributed by atoms with Crippen LogP contribution < -0.4 is 0 Å². The lowest BCUT2D eigenvalue weighted by Gasteiger charge is -2.25. The topological polar surface area (TPSA) is 90.2 Å². The number of hydrogen-bond acceptors (Lipinski definition) is 5. The predicted molar refractivity (Wildman–Crippen MR) is 120 cm³/mol. The number of aromatic hydroxyl groups is 1. The van der Waals surface area contributed by atoms with E-state index in [1.165, 1.54) is 16.7 Å². The molecule has 0 bridgehead atoms. The number of rotatable bonds is 14. The lowest BCUT2D eigenvalue weighted by Crippen LogP contribution is -2.35. The second-order valence-electron chi connectivity index (χ2n) is 7.75. The van der Waals surface area contributed by atoms with Crippen molar-refractivity contribution in [1.82, 2.24) is 5.06 Å². The van der Waals surface area contributed by atoms with Gasteiger partial charge < -0.3 is 15.3 Å². The number of carbonyl (C=O) groups is 1. The lowest BCUT2D eigenvalue weighted by molar-refractivity contribution is -0.194. The van der Waals surface area contributed by atoms with E-state index in [2.05, 4.69) is 19.1 Å². The molecular weight excluding hydrogens is 394 g/mol. The van der Waals surface area contributed by atoms with E-state index in [0.29, 0.717) is 24.2 Å². The molecule has 0 fully saturated rings. The van der Waals surface area contributed by atoms with Crippen LogP contribution in [-0.4, -0.2) is 39.4 Å². The maximum absolute atomic E-state index is 12.7. The van der Waals surface area contributed by atoms with Gasteiger partial charge in [-0.15, -0.1) is 0 Å². The van der Waals surface area contributed by atoms with Crippen LogP contribution in [0.2, 0.25) is 0 Å². The van der Waals surface area contributed by atoms with E-state index in [4.69, 9.17) is 4.84 Å². The van der Waals surface area contributed by atoms with Crippen LogP contribution in [0.1, 0.15) is 68.2 Å². The molecule has 6 heteroatoms. The molecule has 6 nitrogen and oxygen atoms in total. The minimum atomic E-state index is -0.981. The quantitative estimate of drug-likeness (QED) is 0.308. The van der Waals surface area contributed by atoms with Gasteiger partial charge in [0.05, 0.1) is 25.9 Å². The van der Waals surface area contributed by atoms with Crippen molar-refractivity contribution in [1.29, 1.82) is 0 Å². The van der Waals surface area contributed by atoms with Gasteiger partial charge in [0.2, 0.25) is 5.91 Å². The van der Waals surface area contributed by atoms with Crippen LogP contribution in [0.25, 0.3) is 0 Å². The molecule has 0 aromatic heterocycles. The van der Waals surface area contributed by atoms with E-state index >= 15 is 0 Å². The average molecular weight is 430 g/mol. The molecule has 0 heterocycles. The first-order valence-electron chi connectivity index (χ1n) is 11.1. The monoisotopic (exact) mass is 429 g/mol. The molecule has 31 heavy (non-hydrogen) atoms. The SMILES string of the molecule is CCCCCC(=O)N(CC(O)c1ccc(O)c(CO)c1)OCCCCc1ccccc1. The molecule has 2 aromatic carbocycles. The first kappa shape index (κ1) is 24.9. The molecule has 0 saturated heterocycles. The van der Waals surface area contributed by atoms with Gasteiger partial charge in [-0.2, -0.15) is 0 Å². The minimum absolute atomic E-state index is 0.000707. The predicted octanol–water partition coefficient (Wildman–Crippen LogP) is 4.28. The summed E-state index contributed by atoms with van der Waals surface area (Å²) in [6, 6.07) is 14.8. The van der Waals surface area contributed by atoms with Crippen molar-refractivity contribution in [3.63, 3.8) is 0 Å². The van der Waals surface area contributed by atoms with Crippen LogP contribution in [-0.2, 0) is 22.7 Å². The van der Waals surface area contributed by atoms with Crippen LogP contribution in [0, 0.1) is 0 Å². The van der Waals surface area contributed by atoms with E-state index in [1.54, 1.807) is 12.1 Å². The van der Waals surface area contributed by atoms with E-state index in [9.17, 15) is 20.1 Å². The highest BCUT2D eigenvalue weighted by molar-refractivity contribution is 5.75. The smallest absolute Gasteiger partial charge is 0.246 e. The van der Waals surface area contributed by atoms with Gasteiger partial charge in [0.15, 0.2) is 0 Å². The first-order valence-corrected chi connectivity index (χ1v) is 11.1. The average Bonchev–Trinajstić information content (AvgIpc) is 2.79. The maximum Gasteiger partial charge on any atom is 0.246 e. The molecule has 1 amide bonds. The zero-order valence-corrected chi connectivity index (χ0v) is 18.4. The lowest BCUT2D eigenvalue weighted by atomic mass is 10.1. The highest BCUT2D eigenvalue weighted by atomic mass is 16.7. The maximum atomic E-state index is 12.7. The van der Waals surface area contributed by atoms with Gasteiger partial charge in [-0.25, -0.2) is 5.06 Å². The highest BCUT2D eigenvalue weighted by Crippen LogP contribution is 2.23. The summed E-state index contributed by atoms with van der Waals surface area (Å²) in [6.07, 6.45) is 4.87. The van der Waals surface area contributed by atoms with Gasteiger partial charge in [-0.05, 0) is 48.9 Å². The Balaban J connectivity index is 1.91. The number of nitrogens with zero attached hydrogens (tertiary/aromatic N) is 1. The summed E-state index contributed by atoms with van der Waals surface area (Å²) < 4.78 is 0. The Morgan fingerprint density at radius 2 is 1.84 bits per heavy atom. The van der Waals surface area contributed by atoms with Crippen molar-refractivity contribution in [2.75, 3.05) is 13.2 Å². The molecule has 0 spiro atoms. The molecule has 3 N–H and O–H groups in total. The number of benzene rings is 2. The van der Waals surface area contributed by atoms with Crippen LogP contribution >= 0.6 is 0 Å². The number of aryl methyl sites for hydroxylation is 1. The van der Waals surface area contributed by atoms with Crippen LogP contribution in [0.3, 0.4) is 0 Å². The number of hydroxylamine groups is 2. The molecule has 2 aromatic rings. The van der Waals surface area contributed by atoms with Crippen molar-refractivity contribution in [3.05, 3.63) is 65.2 Å². The van der Waals surface area contributed by atoms with Gasteiger partial charge in [0.25, 0.3) is 0 Å². The Kier molecular flexibility index (Phi) is 11.1. The normalized spacial score (nSPS) is 12.0. The largest absolute Gasteiger partial charge is 0.508 e. The molecule has 170 valence electrons. The van der Waals surface area contributed by atoms with Crippen LogP contribution in [0.4, 0.5) is 0 Å². The Morgan fingerprint density at radius 3 is 2.55 bits per heavy atom. The van der Waals surface area contributed by atoms with Crippen LogP contribution in [0.5, 0.6) is 5.75 Å². The zero-order chi connectivity index (χ0) is 22.5. The third-order valence-corrected chi connectivity index (χ3v) is 5.22.